The summed E-state index contributed by atoms with van der Waals surface area (Å²) in [6.45, 7) is 1.52. The summed E-state index contributed by atoms with van der Waals surface area (Å²) in [6.07, 6.45) is 3.23. The van der Waals surface area contributed by atoms with Gasteiger partial charge < -0.3 is 4.90 Å². The van der Waals surface area contributed by atoms with Crippen LogP contribution in [-0.4, -0.2) is 34.1 Å². The molecule has 1 saturated heterocycles. The largest absolute Gasteiger partial charge is 0.341 e. The van der Waals surface area contributed by atoms with Gasteiger partial charge in [0, 0.05) is 36.3 Å². The van der Waals surface area contributed by atoms with E-state index in [-0.39, 0.29) is 11.2 Å². The average Bonchev–Trinajstić information content (AvgIpc) is 2.74. The summed E-state index contributed by atoms with van der Waals surface area (Å²) < 4.78 is 0. The first kappa shape index (κ1) is 12.5. The number of thiol groups is 1. The Kier molecular flexibility index (Phi) is 3.42. The van der Waals surface area contributed by atoms with Crippen LogP contribution in [0.5, 0.6) is 0 Å². The molecule has 1 aromatic carbocycles. The summed E-state index contributed by atoms with van der Waals surface area (Å²) in [4.78, 5) is 18.1. The molecule has 1 aromatic heterocycles. The Balaban J connectivity index is 1.77. The van der Waals surface area contributed by atoms with Crippen LogP contribution in [0.4, 0.5) is 0 Å². The third kappa shape index (κ3) is 2.59. The molecule has 3 rings (SSSR count). The number of hydrogen-bond donors (Lipinski definition) is 1. The van der Waals surface area contributed by atoms with Crippen LogP contribution < -0.4 is 0 Å². The standard InChI is InChI=1S/C15H16N2OS/c18-14-9-13(19)10-17(14)8-6-12-4-1-3-11-5-2-7-16-15(11)12/h1-5,7,13,19H,6,8-10H2. The van der Waals surface area contributed by atoms with Crippen LogP contribution in [0.25, 0.3) is 10.9 Å². The first-order valence-electron chi connectivity index (χ1n) is 6.52. The Hall–Kier alpha value is -1.55. The van der Waals surface area contributed by atoms with Gasteiger partial charge in [0.2, 0.25) is 5.91 Å². The van der Waals surface area contributed by atoms with Gasteiger partial charge in [-0.1, -0.05) is 24.3 Å². The lowest BCUT2D eigenvalue weighted by Crippen LogP contribution is -2.27. The molecule has 1 aliphatic heterocycles. The van der Waals surface area contributed by atoms with Crippen molar-refractivity contribution in [2.45, 2.75) is 18.1 Å². The van der Waals surface area contributed by atoms with Crippen molar-refractivity contribution >= 4 is 29.4 Å². The first-order chi connectivity index (χ1) is 9.24. The summed E-state index contributed by atoms with van der Waals surface area (Å²) in [5.41, 5.74) is 2.24. The van der Waals surface area contributed by atoms with E-state index in [2.05, 4.69) is 35.8 Å². The number of nitrogens with zero attached hydrogens (tertiary/aromatic N) is 2. The molecule has 1 aliphatic rings. The van der Waals surface area contributed by atoms with Crippen LogP contribution in [0.1, 0.15) is 12.0 Å². The minimum absolute atomic E-state index is 0.193. The smallest absolute Gasteiger partial charge is 0.223 e. The molecule has 0 radical (unpaired) electrons. The van der Waals surface area contributed by atoms with Gasteiger partial charge in [-0.05, 0) is 18.1 Å². The Labute approximate surface area is 118 Å². The zero-order chi connectivity index (χ0) is 13.2. The van der Waals surface area contributed by atoms with Crippen molar-refractivity contribution in [2.24, 2.45) is 0 Å². The van der Waals surface area contributed by atoms with Gasteiger partial charge in [0.1, 0.15) is 0 Å². The lowest BCUT2D eigenvalue weighted by molar-refractivity contribution is -0.127. The van der Waals surface area contributed by atoms with Crippen molar-refractivity contribution in [1.29, 1.82) is 0 Å². The van der Waals surface area contributed by atoms with Crippen molar-refractivity contribution in [2.75, 3.05) is 13.1 Å². The first-order valence-corrected chi connectivity index (χ1v) is 7.04. The summed E-state index contributed by atoms with van der Waals surface area (Å²) in [7, 11) is 0. The fourth-order valence-electron chi connectivity index (χ4n) is 2.59. The number of para-hydroxylation sites is 1. The van der Waals surface area contributed by atoms with Crippen LogP contribution in [0.2, 0.25) is 0 Å². The Morgan fingerprint density at radius 1 is 1.32 bits per heavy atom. The van der Waals surface area contributed by atoms with Crippen molar-refractivity contribution in [3.63, 3.8) is 0 Å². The van der Waals surface area contributed by atoms with E-state index in [1.807, 2.05) is 23.2 Å². The predicted octanol–water partition coefficient (Wildman–Crippen LogP) is 2.31. The predicted molar refractivity (Wildman–Crippen MR) is 79.4 cm³/mol. The topological polar surface area (TPSA) is 33.2 Å². The molecule has 2 aromatic rings. The fourth-order valence-corrected chi connectivity index (χ4v) is 2.95. The molecule has 0 bridgehead atoms. The average molecular weight is 272 g/mol. The summed E-state index contributed by atoms with van der Waals surface area (Å²) in [5, 5.41) is 1.35. The summed E-state index contributed by atoms with van der Waals surface area (Å²) in [6, 6.07) is 10.2. The Morgan fingerprint density at radius 3 is 2.95 bits per heavy atom. The number of likely N-dealkylation sites (tertiary alicyclic amines) is 1. The van der Waals surface area contributed by atoms with E-state index in [0.717, 1.165) is 30.4 Å². The van der Waals surface area contributed by atoms with E-state index in [9.17, 15) is 4.79 Å². The Morgan fingerprint density at radius 2 is 2.16 bits per heavy atom. The van der Waals surface area contributed by atoms with Crippen molar-refractivity contribution in [1.82, 2.24) is 9.88 Å². The molecule has 2 heterocycles. The molecule has 1 atom stereocenters. The molecule has 1 fully saturated rings. The molecule has 0 saturated carbocycles. The monoisotopic (exact) mass is 272 g/mol. The second-order valence-electron chi connectivity index (χ2n) is 4.94. The number of aromatic nitrogens is 1. The molecule has 3 nitrogen and oxygen atoms in total. The highest BCUT2D eigenvalue weighted by Gasteiger charge is 2.26. The van der Waals surface area contributed by atoms with Crippen molar-refractivity contribution in [3.8, 4) is 0 Å². The number of carbonyl (C=O) groups is 1. The van der Waals surface area contributed by atoms with Crippen LogP contribution in [0.3, 0.4) is 0 Å². The highest BCUT2D eigenvalue weighted by Crippen LogP contribution is 2.19. The second-order valence-corrected chi connectivity index (χ2v) is 5.67. The fraction of sp³-hybridized carbons (Fsp3) is 0.333. The molecule has 98 valence electrons. The lowest BCUT2D eigenvalue weighted by Gasteiger charge is -2.16. The van der Waals surface area contributed by atoms with Crippen LogP contribution in [0, 0.1) is 0 Å². The van der Waals surface area contributed by atoms with Crippen LogP contribution in [0.15, 0.2) is 36.5 Å². The summed E-state index contributed by atoms with van der Waals surface area (Å²) >= 11 is 4.38. The van der Waals surface area contributed by atoms with E-state index in [0.29, 0.717) is 6.42 Å². The van der Waals surface area contributed by atoms with Gasteiger partial charge in [0.25, 0.3) is 0 Å². The number of carbonyl (C=O) groups excluding carboxylic acids is 1. The SMILES string of the molecule is O=C1CC(S)CN1CCc1cccc2cccnc12. The second kappa shape index (κ2) is 5.21. The van der Waals surface area contributed by atoms with Gasteiger partial charge in [0.05, 0.1) is 5.52 Å². The molecule has 0 spiro atoms. The van der Waals surface area contributed by atoms with Crippen molar-refractivity contribution in [3.05, 3.63) is 42.1 Å². The molecule has 1 unspecified atom stereocenters. The minimum atomic E-state index is 0.193. The third-order valence-electron chi connectivity index (χ3n) is 3.56. The number of fused-ring (bicyclic) bond motifs is 1. The molecule has 1 amide bonds. The van der Waals surface area contributed by atoms with Gasteiger partial charge in [-0.15, -0.1) is 0 Å². The number of pyridine rings is 1. The minimum Gasteiger partial charge on any atom is -0.341 e. The van der Waals surface area contributed by atoms with Gasteiger partial charge in [-0.2, -0.15) is 12.6 Å². The number of amides is 1. The molecule has 4 heteroatoms. The van der Waals surface area contributed by atoms with Gasteiger partial charge in [-0.25, -0.2) is 0 Å². The van der Waals surface area contributed by atoms with E-state index in [1.54, 1.807) is 0 Å². The zero-order valence-electron chi connectivity index (χ0n) is 10.6. The molecule has 0 aliphatic carbocycles. The number of hydrogen-bond acceptors (Lipinski definition) is 3. The third-order valence-corrected chi connectivity index (χ3v) is 3.91. The van der Waals surface area contributed by atoms with Crippen molar-refractivity contribution < 1.29 is 4.79 Å². The molecular weight excluding hydrogens is 256 g/mol. The highest BCUT2D eigenvalue weighted by atomic mass is 32.1. The van der Waals surface area contributed by atoms with E-state index >= 15 is 0 Å². The maximum absolute atomic E-state index is 11.7. The molecular formula is C15H16N2OS. The van der Waals surface area contributed by atoms with E-state index in [1.165, 1.54) is 5.56 Å². The quantitative estimate of drug-likeness (QED) is 0.870. The van der Waals surface area contributed by atoms with Crippen LogP contribution >= 0.6 is 12.6 Å². The molecule has 19 heavy (non-hydrogen) atoms. The van der Waals surface area contributed by atoms with Gasteiger partial charge in [0.15, 0.2) is 0 Å². The number of rotatable bonds is 3. The molecule has 0 N–H and O–H groups in total. The van der Waals surface area contributed by atoms with E-state index < -0.39 is 0 Å². The normalized spacial score (nSPS) is 19.3. The zero-order valence-corrected chi connectivity index (χ0v) is 11.5. The Bertz CT molecular complexity index is 609. The summed E-state index contributed by atoms with van der Waals surface area (Å²) in [5.74, 6) is 0.216. The van der Waals surface area contributed by atoms with Gasteiger partial charge >= 0.3 is 0 Å². The number of benzene rings is 1. The van der Waals surface area contributed by atoms with E-state index in [4.69, 9.17) is 0 Å². The highest BCUT2D eigenvalue weighted by molar-refractivity contribution is 7.81. The van der Waals surface area contributed by atoms with Gasteiger partial charge in [-0.3, -0.25) is 9.78 Å². The van der Waals surface area contributed by atoms with Crippen LogP contribution in [-0.2, 0) is 11.2 Å². The maximum Gasteiger partial charge on any atom is 0.223 e. The maximum atomic E-state index is 11.7. The lowest BCUT2D eigenvalue weighted by atomic mass is 10.1.